The van der Waals surface area contributed by atoms with Crippen LogP contribution in [0, 0.1) is 0 Å². The smallest absolute Gasteiger partial charge is 0.0623 e. The Morgan fingerprint density at radius 3 is 0.667 bits per heavy atom. The van der Waals surface area contributed by atoms with Crippen LogP contribution in [0.25, 0.3) is 0 Å². The van der Waals surface area contributed by atoms with E-state index in [2.05, 4.69) is 0 Å². The Morgan fingerprint density at radius 1 is 0.444 bits per heavy atom. The van der Waals surface area contributed by atoms with Gasteiger partial charge in [-0.25, -0.2) is 0 Å². The van der Waals surface area contributed by atoms with Gasteiger partial charge in [0, 0.05) is 0 Å². The zero-order valence-electron chi connectivity index (χ0n) is 4.78. The Labute approximate surface area is 67.2 Å². The van der Waals surface area contributed by atoms with Crippen molar-refractivity contribution in [2.75, 3.05) is 0 Å². The summed E-state index contributed by atoms with van der Waals surface area (Å²) in [6.45, 7) is 0. The van der Waals surface area contributed by atoms with E-state index in [1.54, 1.807) is 0 Å². The molecular weight excluding hydrogens is 159 g/mol. The van der Waals surface area contributed by atoms with Crippen LogP contribution in [0.1, 0.15) is 0 Å². The molecule has 0 aromatic heterocycles. The average molecular weight is 169 g/mol. The van der Waals surface area contributed by atoms with Gasteiger partial charge in [-0.05, 0) is 0 Å². The first-order valence-electron chi connectivity index (χ1n) is 2.00. The highest BCUT2D eigenvalue weighted by Gasteiger charge is 1.57. The zero-order valence-corrected chi connectivity index (χ0v) is 6.41. The number of benzene rings is 1. The van der Waals surface area contributed by atoms with Crippen LogP contribution in [-0.4, -0.2) is 5.48 Å². The number of rotatable bonds is 0. The second-order valence-corrected chi connectivity index (χ2v) is 1.15. The van der Waals surface area contributed by atoms with Crippen molar-refractivity contribution in [2.45, 2.75) is 0 Å². The molecule has 0 unspecified atom stereocenters. The number of hydrogen-bond donors (Lipinski definition) is 0. The lowest BCUT2D eigenvalue weighted by molar-refractivity contribution is 0.824. The number of hydrogen-bond acceptors (Lipinski definition) is 0. The van der Waals surface area contributed by atoms with E-state index in [-0.39, 0.29) is 30.3 Å². The second kappa shape index (κ2) is 10.7. The van der Waals surface area contributed by atoms with Crippen molar-refractivity contribution in [1.82, 2.24) is 0 Å². The highest BCUT2D eigenvalue weighted by molar-refractivity contribution is 5.85. The zero-order chi connectivity index (χ0) is 4.24. The average Bonchev–Trinajstić information content (AvgIpc) is 1.72. The van der Waals surface area contributed by atoms with Gasteiger partial charge in [0.2, 0.25) is 0 Å². The fourth-order valence-corrected chi connectivity index (χ4v) is 0.385. The second-order valence-electron chi connectivity index (χ2n) is 1.15. The standard InChI is InChI=1S/C6H6.2ClH.H2O/c1-2-4-6-5-3-1;;;/h1-6H;2*1H;1H2. The van der Waals surface area contributed by atoms with Gasteiger partial charge in [0.25, 0.3) is 0 Å². The lowest BCUT2D eigenvalue weighted by atomic mass is 10.4. The van der Waals surface area contributed by atoms with Gasteiger partial charge in [-0.2, -0.15) is 0 Å². The van der Waals surface area contributed by atoms with Gasteiger partial charge in [0.1, 0.15) is 0 Å². The molecule has 1 nitrogen and oxygen atoms in total. The molecular formula is C6H10Cl2O. The lowest BCUT2D eigenvalue weighted by Gasteiger charge is -1.69. The molecule has 3 heteroatoms. The van der Waals surface area contributed by atoms with E-state index in [1.165, 1.54) is 0 Å². The van der Waals surface area contributed by atoms with Crippen LogP contribution < -0.4 is 0 Å². The molecule has 0 saturated carbocycles. The molecule has 9 heavy (non-hydrogen) atoms. The molecule has 0 aliphatic heterocycles. The third kappa shape index (κ3) is 7.76. The largest absolute Gasteiger partial charge is 0.412 e. The van der Waals surface area contributed by atoms with Crippen LogP contribution in [-0.2, 0) is 0 Å². The van der Waals surface area contributed by atoms with Gasteiger partial charge >= 0.3 is 0 Å². The fourth-order valence-electron chi connectivity index (χ4n) is 0.385. The van der Waals surface area contributed by atoms with E-state index in [0.717, 1.165) is 0 Å². The minimum atomic E-state index is 0. The minimum absolute atomic E-state index is 0. The molecule has 0 heterocycles. The SMILES string of the molecule is Cl.Cl.O.c1ccccc1. The van der Waals surface area contributed by atoms with E-state index in [9.17, 15) is 0 Å². The molecule has 0 fully saturated rings. The Balaban J connectivity index is -0.000000120. The third-order valence-electron chi connectivity index (χ3n) is 0.667. The number of halogens is 2. The molecule has 2 N–H and O–H groups in total. The molecule has 0 aliphatic rings. The van der Waals surface area contributed by atoms with Gasteiger partial charge < -0.3 is 5.48 Å². The van der Waals surface area contributed by atoms with E-state index in [0.29, 0.717) is 0 Å². The highest BCUT2D eigenvalue weighted by Crippen LogP contribution is 1.79. The molecule has 54 valence electrons. The maximum Gasteiger partial charge on any atom is -0.0623 e. The predicted octanol–water partition coefficient (Wildman–Crippen LogP) is 1.71. The topological polar surface area (TPSA) is 31.5 Å². The summed E-state index contributed by atoms with van der Waals surface area (Å²) in [4.78, 5) is 0. The van der Waals surface area contributed by atoms with Crippen molar-refractivity contribution < 1.29 is 5.48 Å². The molecule has 1 aromatic carbocycles. The first kappa shape index (κ1) is 15.9. The fraction of sp³-hybridized carbons (Fsp3) is 0. The summed E-state index contributed by atoms with van der Waals surface area (Å²) in [5, 5.41) is 0. The molecule has 0 aliphatic carbocycles. The predicted molar refractivity (Wildman–Crippen MR) is 44.6 cm³/mol. The molecule has 0 spiro atoms. The normalized spacial score (nSPS) is 5.33. The van der Waals surface area contributed by atoms with E-state index < -0.39 is 0 Å². The first-order chi connectivity index (χ1) is 3.00. The summed E-state index contributed by atoms with van der Waals surface area (Å²) in [5.74, 6) is 0. The van der Waals surface area contributed by atoms with E-state index in [1.807, 2.05) is 36.4 Å². The van der Waals surface area contributed by atoms with Crippen molar-refractivity contribution >= 4 is 24.8 Å². The maximum absolute atomic E-state index is 2.00. The van der Waals surface area contributed by atoms with Crippen LogP contribution in [0.3, 0.4) is 0 Å². The van der Waals surface area contributed by atoms with Gasteiger partial charge in [-0.15, -0.1) is 24.8 Å². The highest BCUT2D eigenvalue weighted by atomic mass is 35.5. The summed E-state index contributed by atoms with van der Waals surface area (Å²) in [7, 11) is 0. The molecule has 1 aromatic rings. The lowest BCUT2D eigenvalue weighted by Crippen LogP contribution is -1.47. The minimum Gasteiger partial charge on any atom is -0.412 e. The van der Waals surface area contributed by atoms with Crippen molar-refractivity contribution in [3.05, 3.63) is 36.4 Å². The Kier molecular flexibility index (Phi) is 18.9. The monoisotopic (exact) mass is 168 g/mol. The van der Waals surface area contributed by atoms with E-state index in [4.69, 9.17) is 0 Å². The van der Waals surface area contributed by atoms with Crippen LogP contribution in [0.15, 0.2) is 36.4 Å². The quantitative estimate of drug-likeness (QED) is 0.566. The van der Waals surface area contributed by atoms with Crippen LogP contribution in [0.5, 0.6) is 0 Å². The Bertz CT molecular complexity index is 83.0. The summed E-state index contributed by atoms with van der Waals surface area (Å²) < 4.78 is 0. The van der Waals surface area contributed by atoms with E-state index >= 15 is 0 Å². The van der Waals surface area contributed by atoms with Gasteiger partial charge in [-0.1, -0.05) is 36.4 Å². The van der Waals surface area contributed by atoms with Gasteiger partial charge in [0.05, 0.1) is 0 Å². The van der Waals surface area contributed by atoms with Crippen LogP contribution in [0.2, 0.25) is 0 Å². The molecule has 0 bridgehead atoms. The molecule has 0 atom stereocenters. The third-order valence-corrected chi connectivity index (χ3v) is 0.667. The molecule has 0 amide bonds. The van der Waals surface area contributed by atoms with Crippen molar-refractivity contribution in [2.24, 2.45) is 0 Å². The van der Waals surface area contributed by atoms with Crippen molar-refractivity contribution in [3.8, 4) is 0 Å². The summed E-state index contributed by atoms with van der Waals surface area (Å²) >= 11 is 0. The van der Waals surface area contributed by atoms with Crippen LogP contribution in [0.4, 0.5) is 0 Å². The first-order valence-corrected chi connectivity index (χ1v) is 2.00. The Hall–Kier alpha value is -0.240. The van der Waals surface area contributed by atoms with Crippen molar-refractivity contribution in [1.29, 1.82) is 0 Å². The summed E-state index contributed by atoms with van der Waals surface area (Å²) in [6.07, 6.45) is 0. The van der Waals surface area contributed by atoms with Crippen LogP contribution >= 0.6 is 24.8 Å². The Morgan fingerprint density at radius 2 is 0.556 bits per heavy atom. The summed E-state index contributed by atoms with van der Waals surface area (Å²) in [6, 6.07) is 12.0. The van der Waals surface area contributed by atoms with Crippen molar-refractivity contribution in [3.63, 3.8) is 0 Å². The molecule has 0 radical (unpaired) electrons. The summed E-state index contributed by atoms with van der Waals surface area (Å²) in [5.41, 5.74) is 0. The maximum atomic E-state index is 2.00. The molecule has 1 rings (SSSR count). The van der Waals surface area contributed by atoms with Gasteiger partial charge in [-0.3, -0.25) is 0 Å². The molecule has 0 saturated heterocycles. The van der Waals surface area contributed by atoms with Gasteiger partial charge in [0.15, 0.2) is 0 Å².